The normalized spacial score (nSPS) is 15.2. The maximum atomic E-state index is 12.9. The van der Waals surface area contributed by atoms with Crippen LogP contribution in [0.2, 0.25) is 0 Å². The zero-order valence-electron chi connectivity index (χ0n) is 20.5. The number of alkyl halides is 3. The van der Waals surface area contributed by atoms with Gasteiger partial charge in [-0.3, -0.25) is 14.4 Å². The largest absolute Gasteiger partial charge is 0.490 e. The number of nitrogens with zero attached hydrogens (tertiary/aromatic N) is 1. The molecule has 10 nitrogen and oxygen atoms in total. The highest BCUT2D eigenvalue weighted by molar-refractivity contribution is 6.35. The highest BCUT2D eigenvalue weighted by Crippen LogP contribution is 2.31. The minimum Gasteiger partial charge on any atom is -0.490 e. The Labute approximate surface area is 216 Å². The average molecular weight is 537 g/mol. The molecule has 3 amide bonds. The van der Waals surface area contributed by atoms with E-state index >= 15 is 0 Å². The summed E-state index contributed by atoms with van der Waals surface area (Å²) >= 11 is 0. The number of hydrogen-bond acceptors (Lipinski definition) is 7. The van der Waals surface area contributed by atoms with Gasteiger partial charge in [-0.05, 0) is 61.7 Å². The minimum atomic E-state index is -4.53. The van der Waals surface area contributed by atoms with E-state index in [2.05, 4.69) is 21.2 Å². The van der Waals surface area contributed by atoms with Crippen LogP contribution in [-0.4, -0.2) is 56.4 Å². The number of amides is 3. The molecular formula is C25H27F3N4O6. The lowest BCUT2D eigenvalue weighted by Crippen LogP contribution is -2.41. The molecule has 1 heterocycles. The number of hydrogen-bond donors (Lipinski definition) is 3. The van der Waals surface area contributed by atoms with Crippen molar-refractivity contribution in [3.05, 3.63) is 53.6 Å². The van der Waals surface area contributed by atoms with Crippen molar-refractivity contribution in [3.8, 4) is 11.5 Å². The molecule has 0 aromatic heterocycles. The summed E-state index contributed by atoms with van der Waals surface area (Å²) in [6, 6.07) is 8.85. The predicted octanol–water partition coefficient (Wildman–Crippen LogP) is 2.87. The Hall–Kier alpha value is -4.13. The fraction of sp³-hybridized carbons (Fsp3) is 0.360. The standard InChI is InChI=1S/C25H27F3N4O6/c1-2-36-21-11-16(13-30-32-24(35)23(34)29-14-19-7-4-10-37-19)8-9-20(21)38-15-22(33)31-18-6-3-5-17(12-18)25(26,27)28/h3,5-6,8-9,11-13,19H,2,4,7,10,14-15H2,1H3,(H,29,34)(H,31,33)(H,32,35)/b30-13-/t19-/m0/s1. The third-order valence-electron chi connectivity index (χ3n) is 5.20. The van der Waals surface area contributed by atoms with E-state index in [1.165, 1.54) is 30.5 Å². The lowest BCUT2D eigenvalue weighted by Gasteiger charge is -2.13. The first-order valence-corrected chi connectivity index (χ1v) is 11.7. The van der Waals surface area contributed by atoms with Crippen LogP contribution < -0.4 is 25.5 Å². The van der Waals surface area contributed by atoms with Crippen LogP contribution in [0.4, 0.5) is 18.9 Å². The summed E-state index contributed by atoms with van der Waals surface area (Å²) in [6.45, 7) is 2.40. The molecule has 13 heteroatoms. The first kappa shape index (κ1) is 28.4. The van der Waals surface area contributed by atoms with Crippen LogP contribution in [0.5, 0.6) is 11.5 Å². The smallest absolute Gasteiger partial charge is 0.416 e. The van der Waals surface area contributed by atoms with Crippen molar-refractivity contribution in [2.75, 3.05) is 31.7 Å². The zero-order chi connectivity index (χ0) is 27.5. The molecule has 0 unspecified atom stereocenters. The highest BCUT2D eigenvalue weighted by atomic mass is 19.4. The van der Waals surface area contributed by atoms with Gasteiger partial charge in [-0.1, -0.05) is 6.07 Å². The van der Waals surface area contributed by atoms with Gasteiger partial charge in [0, 0.05) is 18.8 Å². The van der Waals surface area contributed by atoms with E-state index in [0.717, 1.165) is 25.0 Å². The van der Waals surface area contributed by atoms with Gasteiger partial charge in [-0.15, -0.1) is 0 Å². The molecule has 1 atom stereocenters. The summed E-state index contributed by atoms with van der Waals surface area (Å²) in [7, 11) is 0. The quantitative estimate of drug-likeness (QED) is 0.244. The molecule has 0 spiro atoms. The Balaban J connectivity index is 1.52. The third-order valence-corrected chi connectivity index (χ3v) is 5.20. The maximum Gasteiger partial charge on any atom is 0.416 e. The molecule has 1 fully saturated rings. The van der Waals surface area contributed by atoms with Crippen molar-refractivity contribution in [2.24, 2.45) is 5.10 Å². The van der Waals surface area contributed by atoms with E-state index in [9.17, 15) is 27.6 Å². The molecule has 0 bridgehead atoms. The molecule has 1 aliphatic heterocycles. The molecule has 2 aromatic carbocycles. The van der Waals surface area contributed by atoms with E-state index in [-0.39, 0.29) is 36.4 Å². The first-order chi connectivity index (χ1) is 18.2. The Morgan fingerprint density at radius 1 is 1.11 bits per heavy atom. The number of carbonyl (C=O) groups excluding carboxylic acids is 3. The van der Waals surface area contributed by atoms with E-state index < -0.39 is 36.1 Å². The SMILES string of the molecule is CCOc1cc(/C=N\NC(=O)C(=O)NC[C@@H]2CCCO2)ccc1OCC(=O)Nc1cccc(C(F)(F)F)c1. The molecule has 3 rings (SSSR count). The topological polar surface area (TPSA) is 127 Å². The summed E-state index contributed by atoms with van der Waals surface area (Å²) in [6.07, 6.45) is -1.61. The minimum absolute atomic E-state index is 0.0207. The predicted molar refractivity (Wildman–Crippen MR) is 131 cm³/mol. The number of hydrazone groups is 1. The van der Waals surface area contributed by atoms with Crippen LogP contribution >= 0.6 is 0 Å². The Morgan fingerprint density at radius 2 is 1.92 bits per heavy atom. The molecule has 2 aromatic rings. The van der Waals surface area contributed by atoms with Crippen LogP contribution in [0.25, 0.3) is 0 Å². The van der Waals surface area contributed by atoms with Crippen LogP contribution in [0, 0.1) is 0 Å². The number of rotatable bonds is 10. The molecular weight excluding hydrogens is 509 g/mol. The second-order valence-corrected chi connectivity index (χ2v) is 8.10. The molecule has 1 saturated heterocycles. The first-order valence-electron chi connectivity index (χ1n) is 11.7. The van der Waals surface area contributed by atoms with Crippen molar-refractivity contribution < 1.29 is 41.8 Å². The lowest BCUT2D eigenvalue weighted by atomic mass is 10.2. The molecule has 1 aliphatic rings. The molecule has 0 radical (unpaired) electrons. The number of nitrogens with one attached hydrogen (secondary N) is 3. The Bertz CT molecular complexity index is 1170. The summed E-state index contributed by atoms with van der Waals surface area (Å²) in [5.74, 6) is -1.96. The van der Waals surface area contributed by atoms with Crippen molar-refractivity contribution in [3.63, 3.8) is 0 Å². The number of anilines is 1. The van der Waals surface area contributed by atoms with Crippen molar-refractivity contribution in [1.29, 1.82) is 0 Å². The Kier molecular flexibility index (Phi) is 10.0. The molecule has 0 saturated carbocycles. The molecule has 38 heavy (non-hydrogen) atoms. The van der Waals surface area contributed by atoms with Gasteiger partial charge in [0.25, 0.3) is 5.91 Å². The highest BCUT2D eigenvalue weighted by Gasteiger charge is 2.30. The van der Waals surface area contributed by atoms with Gasteiger partial charge < -0.3 is 24.8 Å². The number of benzene rings is 2. The summed E-state index contributed by atoms with van der Waals surface area (Å²) in [4.78, 5) is 36.0. The van der Waals surface area contributed by atoms with E-state index in [1.54, 1.807) is 13.0 Å². The van der Waals surface area contributed by atoms with Gasteiger partial charge >= 0.3 is 18.0 Å². The number of halogens is 3. The molecule has 3 N–H and O–H groups in total. The van der Waals surface area contributed by atoms with Gasteiger partial charge in [-0.2, -0.15) is 18.3 Å². The van der Waals surface area contributed by atoms with Crippen molar-refractivity contribution >= 4 is 29.6 Å². The van der Waals surface area contributed by atoms with Crippen LogP contribution in [0.1, 0.15) is 30.9 Å². The van der Waals surface area contributed by atoms with E-state index in [0.29, 0.717) is 12.2 Å². The summed E-state index contributed by atoms with van der Waals surface area (Å²) in [5.41, 5.74) is 1.72. The van der Waals surface area contributed by atoms with Crippen LogP contribution in [-0.2, 0) is 25.3 Å². The lowest BCUT2D eigenvalue weighted by molar-refractivity contribution is -0.139. The van der Waals surface area contributed by atoms with E-state index in [1.807, 2.05) is 0 Å². The summed E-state index contributed by atoms with van der Waals surface area (Å²) < 4.78 is 55.0. The van der Waals surface area contributed by atoms with Crippen molar-refractivity contribution in [2.45, 2.75) is 32.0 Å². The average Bonchev–Trinajstić information content (AvgIpc) is 3.40. The molecule has 0 aliphatic carbocycles. The van der Waals surface area contributed by atoms with Gasteiger partial charge in [0.15, 0.2) is 18.1 Å². The monoisotopic (exact) mass is 536 g/mol. The van der Waals surface area contributed by atoms with Crippen molar-refractivity contribution in [1.82, 2.24) is 10.7 Å². The fourth-order valence-electron chi connectivity index (χ4n) is 3.41. The fourth-order valence-corrected chi connectivity index (χ4v) is 3.41. The second-order valence-electron chi connectivity index (χ2n) is 8.10. The van der Waals surface area contributed by atoms with Gasteiger partial charge in [0.2, 0.25) is 0 Å². The Morgan fingerprint density at radius 3 is 2.63 bits per heavy atom. The van der Waals surface area contributed by atoms with Crippen LogP contribution in [0.3, 0.4) is 0 Å². The second kappa shape index (κ2) is 13.4. The molecule has 204 valence electrons. The number of carbonyl (C=O) groups is 3. The summed E-state index contributed by atoms with van der Waals surface area (Å²) in [5, 5.41) is 8.60. The zero-order valence-corrected chi connectivity index (χ0v) is 20.5. The van der Waals surface area contributed by atoms with Gasteiger partial charge in [0.1, 0.15) is 0 Å². The maximum absolute atomic E-state index is 12.9. The number of ether oxygens (including phenoxy) is 3. The van der Waals surface area contributed by atoms with Gasteiger partial charge in [-0.25, -0.2) is 5.43 Å². The van der Waals surface area contributed by atoms with E-state index in [4.69, 9.17) is 14.2 Å². The third kappa shape index (κ3) is 8.76. The van der Waals surface area contributed by atoms with Gasteiger partial charge in [0.05, 0.1) is 24.5 Å². The van der Waals surface area contributed by atoms with Crippen LogP contribution in [0.15, 0.2) is 47.6 Å².